The summed E-state index contributed by atoms with van der Waals surface area (Å²) in [4.78, 5) is 38.8. The molecule has 4 rings (SSSR count). The van der Waals surface area contributed by atoms with Crippen LogP contribution in [0.25, 0.3) is 0 Å². The summed E-state index contributed by atoms with van der Waals surface area (Å²) in [6.45, 7) is 0.636. The van der Waals surface area contributed by atoms with Gasteiger partial charge in [0, 0.05) is 30.8 Å². The highest BCUT2D eigenvalue weighted by Crippen LogP contribution is 2.45. The van der Waals surface area contributed by atoms with Crippen molar-refractivity contribution in [3.63, 3.8) is 0 Å². The van der Waals surface area contributed by atoms with Gasteiger partial charge in [-0.1, -0.05) is 60.7 Å². The molecule has 8 nitrogen and oxygen atoms in total. The lowest BCUT2D eigenvalue weighted by Gasteiger charge is -2.41. The summed E-state index contributed by atoms with van der Waals surface area (Å²) in [6.07, 6.45) is -1.86. The van der Waals surface area contributed by atoms with E-state index in [1.54, 1.807) is 4.90 Å². The summed E-state index contributed by atoms with van der Waals surface area (Å²) >= 11 is 0. The molecule has 2 aliphatic heterocycles. The van der Waals surface area contributed by atoms with Crippen LogP contribution in [0.1, 0.15) is 11.1 Å². The molecule has 0 saturated carbocycles. The summed E-state index contributed by atoms with van der Waals surface area (Å²) in [5.74, 6) is 0. The molecule has 2 heterocycles. The largest absolute Gasteiger partial charge is 0.465 e. The zero-order chi connectivity index (χ0) is 19.7. The number of carbonyl (C=O) groups is 3. The minimum atomic E-state index is -1.41. The van der Waals surface area contributed by atoms with Gasteiger partial charge in [0.05, 0.1) is 0 Å². The molecule has 2 saturated heterocycles. The minimum Gasteiger partial charge on any atom is -0.465 e. The Kier molecular flexibility index (Phi) is 4.38. The second-order valence-corrected chi connectivity index (χ2v) is 6.73. The monoisotopic (exact) mass is 381 g/mol. The van der Waals surface area contributed by atoms with Crippen molar-refractivity contribution in [2.24, 2.45) is 0 Å². The van der Waals surface area contributed by atoms with E-state index in [1.165, 1.54) is 4.90 Å². The highest BCUT2D eigenvalue weighted by atomic mass is 16.6. The van der Waals surface area contributed by atoms with Crippen molar-refractivity contribution in [2.45, 2.75) is 11.6 Å². The van der Waals surface area contributed by atoms with Gasteiger partial charge in [-0.3, -0.25) is 4.90 Å². The number of piperazine rings is 1. The Labute approximate surface area is 161 Å². The predicted octanol–water partition coefficient (Wildman–Crippen LogP) is 2.45. The molecule has 2 N–H and O–H groups in total. The number of hydrogen-bond donors (Lipinski definition) is 2. The number of carbonyl (C=O) groups excluding carboxylic acids is 2. The maximum absolute atomic E-state index is 12.7. The maximum Gasteiger partial charge on any atom is 0.412 e. The Hall–Kier alpha value is -3.55. The first kappa shape index (κ1) is 17.8. The van der Waals surface area contributed by atoms with Crippen molar-refractivity contribution in [3.05, 3.63) is 71.8 Å². The van der Waals surface area contributed by atoms with Crippen LogP contribution in [-0.4, -0.2) is 58.8 Å². The molecule has 4 amide bonds. The van der Waals surface area contributed by atoms with E-state index in [2.05, 4.69) is 0 Å². The number of carboxylic acid groups (broad SMARTS) is 1. The number of urea groups is 1. The third-order valence-electron chi connectivity index (χ3n) is 5.24. The van der Waals surface area contributed by atoms with Crippen LogP contribution < -0.4 is 5.32 Å². The van der Waals surface area contributed by atoms with Crippen molar-refractivity contribution in [1.82, 2.24) is 15.1 Å². The molecule has 2 aromatic carbocycles. The second kappa shape index (κ2) is 6.88. The predicted molar refractivity (Wildman–Crippen MR) is 98.8 cm³/mol. The number of rotatable bonds is 2. The van der Waals surface area contributed by atoms with Gasteiger partial charge in [0.1, 0.15) is 6.04 Å². The molecule has 1 atom stereocenters. The van der Waals surface area contributed by atoms with Crippen molar-refractivity contribution in [3.8, 4) is 0 Å². The van der Waals surface area contributed by atoms with Crippen LogP contribution in [0.2, 0.25) is 0 Å². The summed E-state index contributed by atoms with van der Waals surface area (Å²) in [6, 6.07) is 17.6. The number of ether oxygens (including phenoxy) is 1. The highest BCUT2D eigenvalue weighted by Gasteiger charge is 2.58. The van der Waals surface area contributed by atoms with Gasteiger partial charge >= 0.3 is 18.2 Å². The molecule has 2 aromatic rings. The molecule has 0 radical (unpaired) electrons. The smallest absolute Gasteiger partial charge is 0.412 e. The van der Waals surface area contributed by atoms with Gasteiger partial charge in [-0.2, -0.15) is 0 Å². The van der Waals surface area contributed by atoms with Crippen molar-refractivity contribution >= 4 is 18.2 Å². The van der Waals surface area contributed by atoms with Gasteiger partial charge in [0.2, 0.25) is 0 Å². The number of nitrogens with one attached hydrogen (secondary N) is 1. The Balaban J connectivity index is 1.79. The van der Waals surface area contributed by atoms with Crippen molar-refractivity contribution < 1.29 is 24.2 Å². The molecule has 28 heavy (non-hydrogen) atoms. The third-order valence-corrected chi connectivity index (χ3v) is 5.24. The summed E-state index contributed by atoms with van der Waals surface area (Å²) < 4.78 is 5.99. The van der Waals surface area contributed by atoms with Crippen LogP contribution in [0.3, 0.4) is 0 Å². The lowest BCUT2D eigenvalue weighted by Crippen LogP contribution is -2.60. The van der Waals surface area contributed by atoms with Gasteiger partial charge in [-0.15, -0.1) is 0 Å². The van der Waals surface area contributed by atoms with Crippen molar-refractivity contribution in [1.29, 1.82) is 0 Å². The average Bonchev–Trinajstić information content (AvgIpc) is 3.02. The molecule has 0 bridgehead atoms. The van der Waals surface area contributed by atoms with E-state index in [-0.39, 0.29) is 19.6 Å². The molecule has 2 fully saturated rings. The van der Waals surface area contributed by atoms with Gasteiger partial charge in [-0.25, -0.2) is 19.7 Å². The normalized spacial score (nSPS) is 20.3. The summed E-state index contributed by atoms with van der Waals surface area (Å²) in [5.41, 5.74) is 0.493. The topological polar surface area (TPSA) is 99.2 Å². The summed E-state index contributed by atoms with van der Waals surface area (Å²) in [5, 5.41) is 10.7. The molecule has 0 spiro atoms. The number of hydrogen-bond acceptors (Lipinski definition) is 4. The lowest BCUT2D eigenvalue weighted by molar-refractivity contribution is 0.0513. The molecule has 0 aromatic heterocycles. The fraction of sp³-hybridized carbons (Fsp3) is 0.250. The molecule has 0 aliphatic carbocycles. The van der Waals surface area contributed by atoms with Crippen LogP contribution in [0, 0.1) is 0 Å². The first-order chi connectivity index (χ1) is 13.5. The zero-order valence-corrected chi connectivity index (χ0v) is 14.9. The van der Waals surface area contributed by atoms with Crippen molar-refractivity contribution in [2.75, 3.05) is 19.6 Å². The number of nitrogens with zero attached hydrogens (tertiary/aromatic N) is 2. The Bertz CT molecular complexity index is 863. The van der Waals surface area contributed by atoms with E-state index < -0.39 is 29.9 Å². The number of cyclic esters (lactones) is 1. The molecule has 1 unspecified atom stereocenters. The summed E-state index contributed by atoms with van der Waals surface area (Å²) in [7, 11) is 0. The number of amides is 4. The molecule has 2 aliphatic rings. The number of imide groups is 1. The molecular weight excluding hydrogens is 362 g/mol. The molecule has 8 heteroatoms. The SMILES string of the molecule is O=C(O)NC(=O)N1CCN2C(=O)OC(c3ccccc3)(c3ccccc3)C2C1. The lowest BCUT2D eigenvalue weighted by atomic mass is 9.79. The van der Waals surface area contributed by atoms with Gasteiger partial charge in [0.25, 0.3) is 0 Å². The highest BCUT2D eigenvalue weighted by molar-refractivity contribution is 5.90. The number of benzene rings is 2. The first-order valence-corrected chi connectivity index (χ1v) is 8.92. The third kappa shape index (κ3) is 2.83. The van der Waals surface area contributed by atoms with Crippen LogP contribution in [0.4, 0.5) is 14.4 Å². The second-order valence-electron chi connectivity index (χ2n) is 6.73. The van der Waals surface area contributed by atoms with E-state index in [0.29, 0.717) is 0 Å². The fourth-order valence-electron chi connectivity index (χ4n) is 4.01. The van der Waals surface area contributed by atoms with E-state index in [9.17, 15) is 14.4 Å². The van der Waals surface area contributed by atoms with E-state index >= 15 is 0 Å². The van der Waals surface area contributed by atoms with Gasteiger partial charge in [-0.05, 0) is 0 Å². The van der Waals surface area contributed by atoms with E-state index in [0.717, 1.165) is 11.1 Å². The van der Waals surface area contributed by atoms with E-state index in [4.69, 9.17) is 9.84 Å². The molecular formula is C20H19N3O5. The Morgan fingerprint density at radius 3 is 2.11 bits per heavy atom. The average molecular weight is 381 g/mol. The number of fused-ring (bicyclic) bond motifs is 1. The van der Waals surface area contributed by atoms with Crippen LogP contribution in [0.5, 0.6) is 0 Å². The molecule has 144 valence electrons. The zero-order valence-electron chi connectivity index (χ0n) is 14.9. The standard InChI is InChI=1S/C20H19N3O5/c24-17(21-18(25)26)22-11-12-23-16(13-22)20(28-19(23)27,14-7-3-1-4-8-14)15-9-5-2-6-10-15/h1-10,16H,11-13H2,(H,21,24)(H,25,26). The van der Waals surface area contributed by atoms with E-state index in [1.807, 2.05) is 66.0 Å². The van der Waals surface area contributed by atoms with Crippen LogP contribution in [-0.2, 0) is 10.3 Å². The minimum absolute atomic E-state index is 0.147. The maximum atomic E-state index is 12.7. The fourth-order valence-corrected chi connectivity index (χ4v) is 4.01. The quantitative estimate of drug-likeness (QED) is 0.833. The Morgan fingerprint density at radius 2 is 1.57 bits per heavy atom. The Morgan fingerprint density at radius 1 is 1.00 bits per heavy atom. The van der Waals surface area contributed by atoms with Gasteiger partial charge in [0.15, 0.2) is 5.60 Å². The van der Waals surface area contributed by atoms with Crippen LogP contribution >= 0.6 is 0 Å². The first-order valence-electron chi connectivity index (χ1n) is 8.92. The van der Waals surface area contributed by atoms with Crippen LogP contribution in [0.15, 0.2) is 60.7 Å². The van der Waals surface area contributed by atoms with Gasteiger partial charge < -0.3 is 14.7 Å².